The molecule has 3 aromatic rings. The highest BCUT2D eigenvalue weighted by Crippen LogP contribution is 2.41. The maximum Gasteiger partial charge on any atom is 0.280 e. The second-order valence-electron chi connectivity index (χ2n) is 8.26. The molecule has 3 heterocycles. The van der Waals surface area contributed by atoms with E-state index in [1.807, 2.05) is 13.8 Å². The number of carbonyl (C=O) groups is 1. The van der Waals surface area contributed by atoms with E-state index in [-0.39, 0.29) is 23.9 Å². The molecule has 1 aliphatic rings. The van der Waals surface area contributed by atoms with Crippen LogP contribution in [0, 0.1) is 19.8 Å². The minimum Gasteiger partial charge on any atom is -0.496 e. The Kier molecular flexibility index (Phi) is 5.56. The number of amides is 1. The predicted molar refractivity (Wildman–Crippen MR) is 111 cm³/mol. The van der Waals surface area contributed by atoms with Crippen LogP contribution in [0.1, 0.15) is 52.6 Å². The molecule has 2 aromatic heterocycles. The van der Waals surface area contributed by atoms with Gasteiger partial charge in [-0.2, -0.15) is 14.6 Å². The smallest absolute Gasteiger partial charge is 0.280 e. The molecule has 0 spiro atoms. The zero-order valence-electron chi connectivity index (χ0n) is 18.3. The number of hydrogen-bond acceptors (Lipinski definition) is 5. The van der Waals surface area contributed by atoms with Crippen molar-refractivity contribution in [1.29, 1.82) is 0 Å². The van der Waals surface area contributed by atoms with Crippen LogP contribution in [0.15, 0.2) is 24.5 Å². The van der Waals surface area contributed by atoms with Gasteiger partial charge >= 0.3 is 0 Å². The molecule has 7 nitrogen and oxygen atoms in total. The van der Waals surface area contributed by atoms with E-state index >= 15 is 4.39 Å². The summed E-state index contributed by atoms with van der Waals surface area (Å²) in [7, 11) is 1.56. The molecule has 0 radical (unpaired) electrons. The van der Waals surface area contributed by atoms with Crippen molar-refractivity contribution in [3.05, 3.63) is 52.6 Å². The van der Waals surface area contributed by atoms with Crippen LogP contribution in [0.5, 0.6) is 5.75 Å². The van der Waals surface area contributed by atoms with Gasteiger partial charge in [0, 0.05) is 12.1 Å². The average molecular weight is 447 g/mol. The molecule has 0 saturated carbocycles. The largest absolute Gasteiger partial charge is 0.496 e. The lowest BCUT2D eigenvalue weighted by molar-refractivity contribution is -0.00578. The highest BCUT2D eigenvalue weighted by molar-refractivity contribution is 5.95. The number of methoxy groups -OCH3 is 1. The van der Waals surface area contributed by atoms with Crippen molar-refractivity contribution >= 4 is 11.7 Å². The molecule has 32 heavy (non-hydrogen) atoms. The molecule has 1 fully saturated rings. The third kappa shape index (κ3) is 3.57. The summed E-state index contributed by atoms with van der Waals surface area (Å²) in [5.74, 6) is -0.276. The summed E-state index contributed by atoms with van der Waals surface area (Å²) < 4.78 is 49.9. The number of hydrogen-bond donors (Lipinski definition) is 0. The fraction of sp³-hybridized carbons (Fsp3) is 0.455. The number of rotatable bonds is 4. The van der Waals surface area contributed by atoms with E-state index in [4.69, 9.17) is 4.74 Å². The summed E-state index contributed by atoms with van der Waals surface area (Å²) in [5, 5.41) is 3.99. The molecule has 4 rings (SSSR count). The molecule has 1 aliphatic heterocycles. The van der Waals surface area contributed by atoms with Gasteiger partial charge in [-0.1, -0.05) is 6.92 Å². The van der Waals surface area contributed by atoms with Crippen molar-refractivity contribution in [2.45, 2.75) is 39.3 Å². The lowest BCUT2D eigenvalue weighted by atomic mass is 9.81. The van der Waals surface area contributed by atoms with Crippen molar-refractivity contribution in [2.75, 3.05) is 20.2 Å². The van der Waals surface area contributed by atoms with Crippen LogP contribution in [0.4, 0.5) is 13.2 Å². The maximum absolute atomic E-state index is 16.6. The third-order valence-electron chi connectivity index (χ3n) is 6.15. The topological polar surface area (TPSA) is 72.6 Å². The Morgan fingerprint density at radius 3 is 2.56 bits per heavy atom. The van der Waals surface area contributed by atoms with E-state index in [2.05, 4.69) is 15.1 Å². The lowest BCUT2D eigenvalue weighted by Gasteiger charge is -2.42. The number of aromatic nitrogens is 4. The van der Waals surface area contributed by atoms with Gasteiger partial charge in [-0.15, -0.1) is 0 Å². The molecule has 1 aromatic carbocycles. The van der Waals surface area contributed by atoms with Gasteiger partial charge in [-0.05, 0) is 55.5 Å². The Bertz CT molecular complexity index is 1160. The van der Waals surface area contributed by atoms with Crippen LogP contribution >= 0.6 is 0 Å². The van der Waals surface area contributed by atoms with Crippen molar-refractivity contribution < 1.29 is 22.7 Å². The van der Waals surface area contributed by atoms with Gasteiger partial charge in [0.25, 0.3) is 18.1 Å². The van der Waals surface area contributed by atoms with E-state index < -0.39 is 23.7 Å². The number of benzene rings is 1. The average Bonchev–Trinajstić information content (AvgIpc) is 3.23. The van der Waals surface area contributed by atoms with Crippen molar-refractivity contribution in [1.82, 2.24) is 24.5 Å². The van der Waals surface area contributed by atoms with Crippen LogP contribution in [0.2, 0.25) is 0 Å². The number of fused-ring (bicyclic) bond motifs is 1. The Hall–Kier alpha value is -3.17. The Morgan fingerprint density at radius 2 is 1.94 bits per heavy atom. The molecule has 0 aliphatic carbocycles. The lowest BCUT2D eigenvalue weighted by Crippen LogP contribution is -2.51. The van der Waals surface area contributed by atoms with E-state index in [0.717, 1.165) is 28.0 Å². The van der Waals surface area contributed by atoms with E-state index in [1.54, 1.807) is 26.2 Å². The van der Waals surface area contributed by atoms with E-state index in [1.165, 1.54) is 4.90 Å². The number of nitrogens with zero attached hydrogens (tertiary/aromatic N) is 5. The van der Waals surface area contributed by atoms with Crippen molar-refractivity contribution in [3.63, 3.8) is 0 Å². The number of alkyl halides is 3. The number of aryl methyl sites for hydroxylation is 2. The Balaban J connectivity index is 1.73. The van der Waals surface area contributed by atoms with E-state index in [0.29, 0.717) is 24.3 Å². The molecule has 1 saturated heterocycles. The van der Waals surface area contributed by atoms with Gasteiger partial charge < -0.3 is 9.64 Å². The summed E-state index contributed by atoms with van der Waals surface area (Å²) >= 11 is 0. The first-order chi connectivity index (χ1) is 15.2. The van der Waals surface area contributed by atoms with E-state index in [9.17, 15) is 13.6 Å². The molecule has 10 heteroatoms. The number of halogens is 3. The zero-order valence-corrected chi connectivity index (χ0v) is 18.3. The van der Waals surface area contributed by atoms with Crippen LogP contribution in [-0.4, -0.2) is 50.6 Å². The maximum atomic E-state index is 16.6. The molecular formula is C22H24F3N5O2. The summed E-state index contributed by atoms with van der Waals surface area (Å²) in [5.41, 5.74) is -0.743. The number of likely N-dealkylation sites (tertiary alicyclic amines) is 1. The monoisotopic (exact) mass is 447 g/mol. The fourth-order valence-electron chi connectivity index (χ4n) is 4.41. The normalized spacial score (nSPS) is 21.4. The quantitative estimate of drug-likeness (QED) is 0.604. The predicted octanol–water partition coefficient (Wildman–Crippen LogP) is 4.03. The fourth-order valence-corrected chi connectivity index (χ4v) is 4.41. The van der Waals surface area contributed by atoms with Crippen LogP contribution in [-0.2, 0) is 5.67 Å². The molecule has 0 unspecified atom stereocenters. The molecular weight excluding hydrogens is 423 g/mol. The van der Waals surface area contributed by atoms with Gasteiger partial charge in [0.1, 0.15) is 17.8 Å². The molecule has 170 valence electrons. The highest BCUT2D eigenvalue weighted by atomic mass is 19.3. The number of ether oxygens (including phenoxy) is 1. The molecule has 1 amide bonds. The van der Waals surface area contributed by atoms with Gasteiger partial charge in [0.15, 0.2) is 5.67 Å². The van der Waals surface area contributed by atoms with Crippen LogP contribution in [0.3, 0.4) is 0 Å². The number of piperidine rings is 1. The third-order valence-corrected chi connectivity index (χ3v) is 6.15. The number of carbonyl (C=O) groups excluding carboxylic acids is 1. The van der Waals surface area contributed by atoms with Gasteiger partial charge in [-0.3, -0.25) is 4.79 Å². The van der Waals surface area contributed by atoms with Crippen molar-refractivity contribution in [3.8, 4) is 5.75 Å². The highest BCUT2D eigenvalue weighted by Gasteiger charge is 2.47. The van der Waals surface area contributed by atoms with Crippen LogP contribution < -0.4 is 4.74 Å². The second kappa shape index (κ2) is 8.07. The standard InChI is InChI=1S/C22H24F3N5O2/c1-12-7-15(8-13(2)18(12)32-4)20(31)29-6-5-14(3)22(25,10-29)17-9-16(19(23)24)28-21-26-11-27-30(17)21/h7-9,11,14,19H,5-6,10H2,1-4H3/t14-,22+/m1/s1. The Labute approximate surface area is 183 Å². The van der Waals surface area contributed by atoms with Gasteiger partial charge in [0.05, 0.1) is 19.3 Å². The van der Waals surface area contributed by atoms with Crippen molar-refractivity contribution in [2.24, 2.45) is 5.92 Å². The van der Waals surface area contributed by atoms with Crippen LogP contribution in [0.25, 0.3) is 5.78 Å². The first-order valence-electron chi connectivity index (χ1n) is 10.3. The minimum absolute atomic E-state index is 0.0811. The summed E-state index contributed by atoms with van der Waals surface area (Å²) in [6.07, 6.45) is -1.39. The summed E-state index contributed by atoms with van der Waals surface area (Å²) in [6.45, 7) is 5.44. The molecule has 2 atom stereocenters. The second-order valence-corrected chi connectivity index (χ2v) is 8.26. The first-order valence-corrected chi connectivity index (χ1v) is 10.3. The summed E-state index contributed by atoms with van der Waals surface area (Å²) in [4.78, 5) is 22.3. The zero-order chi connectivity index (χ0) is 23.2. The summed E-state index contributed by atoms with van der Waals surface area (Å²) in [6, 6.07) is 4.45. The molecule has 0 N–H and O–H groups in total. The first kappa shape index (κ1) is 22.0. The molecule has 0 bridgehead atoms. The SMILES string of the molecule is COc1c(C)cc(C(=O)N2CC[C@@H](C)[C@](F)(c3cc(C(F)F)nc4ncnn34)C2)cc1C. The Morgan fingerprint density at radius 1 is 1.25 bits per heavy atom. The van der Waals surface area contributed by atoms with Gasteiger partial charge in [-0.25, -0.2) is 18.2 Å². The van der Waals surface area contributed by atoms with Gasteiger partial charge in [0.2, 0.25) is 0 Å². The minimum atomic E-state index is -2.89.